The lowest BCUT2D eigenvalue weighted by molar-refractivity contribution is -0.144. The van der Waals surface area contributed by atoms with Crippen LogP contribution in [-0.4, -0.2) is 40.0 Å². The van der Waals surface area contributed by atoms with E-state index >= 15 is 0 Å². The van der Waals surface area contributed by atoms with Crippen LogP contribution in [-0.2, 0) is 16.0 Å². The molecule has 0 saturated heterocycles. The Morgan fingerprint density at radius 1 is 1.27 bits per heavy atom. The normalized spacial score (nSPS) is 10.5. The van der Waals surface area contributed by atoms with Crippen LogP contribution in [0.3, 0.4) is 0 Å². The molecular weight excluding hydrogens is 284 g/mol. The van der Waals surface area contributed by atoms with Gasteiger partial charge in [-0.1, -0.05) is 18.2 Å². The van der Waals surface area contributed by atoms with Gasteiger partial charge >= 0.3 is 5.97 Å². The summed E-state index contributed by atoms with van der Waals surface area (Å²) in [6.07, 6.45) is 0.0310. The van der Waals surface area contributed by atoms with E-state index in [1.54, 1.807) is 13.8 Å². The van der Waals surface area contributed by atoms with Crippen LogP contribution < -0.4 is 0 Å². The van der Waals surface area contributed by atoms with Crippen molar-refractivity contribution in [2.75, 3.05) is 13.1 Å². The lowest BCUT2D eigenvalue weighted by Crippen LogP contribution is -2.36. The minimum atomic E-state index is -1.03. The van der Waals surface area contributed by atoms with Crippen LogP contribution in [0.2, 0.25) is 0 Å². The van der Waals surface area contributed by atoms with Crippen molar-refractivity contribution >= 4 is 11.9 Å². The van der Waals surface area contributed by atoms with E-state index in [1.165, 1.54) is 4.90 Å². The Balaban J connectivity index is 2.15. The molecular formula is C16H18N2O4. The van der Waals surface area contributed by atoms with Gasteiger partial charge in [-0.3, -0.25) is 9.59 Å². The molecule has 0 atom stereocenters. The number of amides is 1. The summed E-state index contributed by atoms with van der Waals surface area (Å²) < 4.78 is 5.60. The highest BCUT2D eigenvalue weighted by atomic mass is 16.4. The summed E-state index contributed by atoms with van der Waals surface area (Å²) in [5, 5.41) is 8.81. The quantitative estimate of drug-likeness (QED) is 0.883. The number of carbonyl (C=O) groups excluding carboxylic acids is 1. The molecule has 1 aromatic heterocycles. The Labute approximate surface area is 128 Å². The lowest BCUT2D eigenvalue weighted by Gasteiger charge is -2.17. The van der Waals surface area contributed by atoms with Crippen molar-refractivity contribution in [3.8, 4) is 11.5 Å². The number of aliphatic carboxylic acids is 1. The molecule has 2 aromatic rings. The van der Waals surface area contributed by atoms with Crippen LogP contribution in [0.15, 0.2) is 34.7 Å². The van der Waals surface area contributed by atoms with E-state index in [9.17, 15) is 9.59 Å². The van der Waals surface area contributed by atoms with E-state index in [2.05, 4.69) is 4.98 Å². The van der Waals surface area contributed by atoms with Gasteiger partial charge in [-0.05, 0) is 26.0 Å². The van der Waals surface area contributed by atoms with Crippen LogP contribution in [0, 0.1) is 6.92 Å². The molecule has 0 aliphatic carbocycles. The Morgan fingerprint density at radius 2 is 1.95 bits per heavy atom. The number of hydrogen-bond acceptors (Lipinski definition) is 4. The highest BCUT2D eigenvalue weighted by Gasteiger charge is 2.19. The van der Waals surface area contributed by atoms with E-state index in [-0.39, 0.29) is 18.9 Å². The van der Waals surface area contributed by atoms with E-state index in [0.717, 1.165) is 5.56 Å². The molecule has 0 fully saturated rings. The minimum absolute atomic E-state index is 0.0310. The van der Waals surface area contributed by atoms with Crippen LogP contribution in [0.1, 0.15) is 18.4 Å². The minimum Gasteiger partial charge on any atom is -0.480 e. The zero-order valence-corrected chi connectivity index (χ0v) is 12.6. The van der Waals surface area contributed by atoms with Crippen molar-refractivity contribution in [1.82, 2.24) is 9.88 Å². The lowest BCUT2D eigenvalue weighted by atomic mass is 10.2. The van der Waals surface area contributed by atoms with Crippen molar-refractivity contribution in [1.29, 1.82) is 0 Å². The zero-order chi connectivity index (χ0) is 16.1. The summed E-state index contributed by atoms with van der Waals surface area (Å²) in [4.78, 5) is 28.5. The van der Waals surface area contributed by atoms with E-state index in [4.69, 9.17) is 9.52 Å². The number of benzene rings is 1. The second kappa shape index (κ2) is 6.89. The maximum atomic E-state index is 12.2. The highest BCUT2D eigenvalue weighted by Crippen LogP contribution is 2.21. The van der Waals surface area contributed by atoms with Crippen LogP contribution in [0.25, 0.3) is 11.5 Å². The number of hydrogen-bond donors (Lipinski definition) is 1. The van der Waals surface area contributed by atoms with Crippen LogP contribution >= 0.6 is 0 Å². The van der Waals surface area contributed by atoms with Gasteiger partial charge in [-0.15, -0.1) is 0 Å². The Bertz CT molecular complexity index is 664. The molecule has 1 heterocycles. The summed E-state index contributed by atoms with van der Waals surface area (Å²) in [7, 11) is 0. The molecule has 2 rings (SSSR count). The van der Waals surface area contributed by atoms with Gasteiger partial charge < -0.3 is 14.4 Å². The molecule has 6 nitrogen and oxygen atoms in total. The van der Waals surface area contributed by atoms with Gasteiger partial charge in [0.15, 0.2) is 0 Å². The second-order valence-corrected chi connectivity index (χ2v) is 4.87. The number of aryl methyl sites for hydroxylation is 1. The Morgan fingerprint density at radius 3 is 2.55 bits per heavy atom. The van der Waals surface area contributed by atoms with Crippen LogP contribution in [0.4, 0.5) is 0 Å². The third-order valence-electron chi connectivity index (χ3n) is 3.29. The predicted molar refractivity (Wildman–Crippen MR) is 80.3 cm³/mol. The maximum Gasteiger partial charge on any atom is 0.323 e. The number of oxazole rings is 1. The molecule has 0 radical (unpaired) electrons. The Hall–Kier alpha value is -2.63. The standard InChI is InChI=1S/C16H18N2O4/c1-3-18(10-15(20)21)14(19)9-13-11(2)22-16(17-13)12-7-5-4-6-8-12/h4-8H,3,9-10H2,1-2H3,(H,20,21). The van der Waals surface area contributed by atoms with Gasteiger partial charge in [0.1, 0.15) is 12.3 Å². The molecule has 22 heavy (non-hydrogen) atoms. The first-order valence-corrected chi connectivity index (χ1v) is 7.02. The van der Waals surface area contributed by atoms with Gasteiger partial charge in [0.05, 0.1) is 12.1 Å². The summed E-state index contributed by atoms with van der Waals surface area (Å²) in [5.41, 5.74) is 1.37. The van der Waals surface area contributed by atoms with Gasteiger partial charge in [0, 0.05) is 12.1 Å². The number of aromatic nitrogens is 1. The SMILES string of the molecule is CCN(CC(=O)O)C(=O)Cc1nc(-c2ccccc2)oc1C. The van der Waals surface area contributed by atoms with Gasteiger partial charge in [0.2, 0.25) is 11.8 Å². The van der Waals surface area contributed by atoms with Gasteiger partial charge in [0.25, 0.3) is 0 Å². The molecule has 1 N–H and O–H groups in total. The first-order chi connectivity index (χ1) is 10.5. The molecule has 0 unspecified atom stereocenters. The van der Waals surface area contributed by atoms with Crippen molar-refractivity contribution in [2.45, 2.75) is 20.3 Å². The smallest absolute Gasteiger partial charge is 0.323 e. The monoisotopic (exact) mass is 302 g/mol. The van der Waals surface area contributed by atoms with Crippen molar-refractivity contribution < 1.29 is 19.1 Å². The summed E-state index contributed by atoms with van der Waals surface area (Å²) in [5.74, 6) is -0.279. The highest BCUT2D eigenvalue weighted by molar-refractivity contribution is 5.82. The molecule has 6 heteroatoms. The zero-order valence-electron chi connectivity index (χ0n) is 12.6. The third-order valence-corrected chi connectivity index (χ3v) is 3.29. The van der Waals surface area contributed by atoms with Crippen molar-refractivity contribution in [2.24, 2.45) is 0 Å². The Kier molecular flexibility index (Phi) is 4.93. The number of rotatable bonds is 6. The average molecular weight is 302 g/mol. The van der Waals surface area contributed by atoms with Gasteiger partial charge in [-0.2, -0.15) is 0 Å². The fourth-order valence-electron chi connectivity index (χ4n) is 2.09. The molecule has 0 aliphatic heterocycles. The summed E-state index contributed by atoms with van der Waals surface area (Å²) >= 11 is 0. The fraction of sp³-hybridized carbons (Fsp3) is 0.312. The van der Waals surface area contributed by atoms with E-state index in [0.29, 0.717) is 23.9 Å². The molecule has 0 spiro atoms. The molecule has 1 aromatic carbocycles. The van der Waals surface area contributed by atoms with Crippen molar-refractivity contribution in [3.05, 3.63) is 41.8 Å². The van der Waals surface area contributed by atoms with Gasteiger partial charge in [-0.25, -0.2) is 4.98 Å². The fourth-order valence-corrected chi connectivity index (χ4v) is 2.09. The first kappa shape index (κ1) is 15.8. The number of carboxylic acid groups (broad SMARTS) is 1. The average Bonchev–Trinajstić information content (AvgIpc) is 2.86. The number of likely N-dealkylation sites (N-methyl/N-ethyl adjacent to an activating group) is 1. The van der Waals surface area contributed by atoms with E-state index < -0.39 is 5.97 Å². The van der Waals surface area contributed by atoms with Crippen LogP contribution in [0.5, 0.6) is 0 Å². The van der Waals surface area contributed by atoms with E-state index in [1.807, 2.05) is 30.3 Å². The summed E-state index contributed by atoms with van der Waals surface area (Å²) in [6.45, 7) is 3.52. The molecule has 0 aliphatic rings. The van der Waals surface area contributed by atoms with Crippen molar-refractivity contribution in [3.63, 3.8) is 0 Å². The topological polar surface area (TPSA) is 83.6 Å². The third kappa shape index (κ3) is 3.72. The second-order valence-electron chi connectivity index (χ2n) is 4.87. The molecule has 1 amide bonds. The molecule has 0 saturated carbocycles. The summed E-state index contributed by atoms with van der Waals surface area (Å²) in [6, 6.07) is 9.41. The first-order valence-electron chi connectivity index (χ1n) is 7.02. The molecule has 0 bridgehead atoms. The largest absolute Gasteiger partial charge is 0.480 e. The number of carbonyl (C=O) groups is 2. The number of nitrogens with zero attached hydrogens (tertiary/aromatic N) is 2. The molecule has 116 valence electrons. The predicted octanol–water partition coefficient (Wildman–Crippen LogP) is 2.13. The maximum absolute atomic E-state index is 12.2. The number of carboxylic acids is 1.